The molecule has 3 nitrogen and oxygen atoms in total. The minimum absolute atomic E-state index is 0.282. The highest BCUT2D eigenvalue weighted by Crippen LogP contribution is 2.47. The van der Waals surface area contributed by atoms with Crippen molar-refractivity contribution >= 4 is 40.8 Å². The second-order valence-corrected chi connectivity index (χ2v) is 10.0. The van der Waals surface area contributed by atoms with Gasteiger partial charge in [-0.15, -0.1) is 34.9 Å². The zero-order valence-corrected chi connectivity index (χ0v) is 16.5. The largest absolute Gasteiger partial charge is 0.493 e. The Balaban J connectivity index is 1.53. The summed E-state index contributed by atoms with van der Waals surface area (Å²) in [4.78, 5) is 14.6. The monoisotopic (exact) mass is 392 g/mol. The maximum absolute atomic E-state index is 12.6. The lowest BCUT2D eigenvalue weighted by atomic mass is 9.99. The van der Waals surface area contributed by atoms with Crippen LogP contribution in [-0.2, 0) is 12.8 Å². The Kier molecular flexibility index (Phi) is 5.29. The van der Waals surface area contributed by atoms with Crippen LogP contribution in [0.4, 0.5) is 0 Å². The number of rotatable bonds is 4. The third-order valence-corrected chi connectivity index (χ3v) is 8.80. The molecule has 0 spiro atoms. The van der Waals surface area contributed by atoms with Gasteiger partial charge in [0.1, 0.15) is 4.88 Å². The number of benzene rings is 1. The van der Waals surface area contributed by atoms with Crippen molar-refractivity contribution in [3.8, 4) is 11.5 Å². The fourth-order valence-electron chi connectivity index (χ4n) is 3.21. The first kappa shape index (κ1) is 17.3. The lowest BCUT2D eigenvalue weighted by molar-refractivity contribution is 0.0734. The maximum Gasteiger partial charge on any atom is 0.353 e. The molecule has 4 rings (SSSR count). The number of thioether (sulfide) groups is 2. The zero-order chi connectivity index (χ0) is 17.2. The van der Waals surface area contributed by atoms with Gasteiger partial charge in [0, 0.05) is 16.4 Å². The fourth-order valence-corrected chi connectivity index (χ4v) is 7.18. The molecule has 0 amide bonds. The maximum atomic E-state index is 12.6. The molecule has 1 fully saturated rings. The highest BCUT2D eigenvalue weighted by atomic mass is 32.2. The third-order valence-electron chi connectivity index (χ3n) is 4.48. The number of methoxy groups -OCH3 is 1. The van der Waals surface area contributed by atoms with Crippen molar-refractivity contribution in [3.63, 3.8) is 0 Å². The van der Waals surface area contributed by atoms with Gasteiger partial charge in [-0.25, -0.2) is 4.79 Å². The number of ether oxygens (including phenoxy) is 2. The number of thiophene rings is 1. The quantitative estimate of drug-likeness (QED) is 0.519. The number of aryl methyl sites for hydroxylation is 2. The molecule has 1 aliphatic heterocycles. The number of hydrogen-bond donors (Lipinski definition) is 0. The second kappa shape index (κ2) is 7.64. The van der Waals surface area contributed by atoms with Crippen molar-refractivity contribution in [2.45, 2.75) is 30.3 Å². The van der Waals surface area contributed by atoms with E-state index in [-0.39, 0.29) is 5.97 Å². The van der Waals surface area contributed by atoms with E-state index in [9.17, 15) is 4.79 Å². The van der Waals surface area contributed by atoms with E-state index in [4.69, 9.17) is 9.47 Å². The van der Waals surface area contributed by atoms with Crippen LogP contribution in [0.1, 0.15) is 43.1 Å². The Morgan fingerprint density at radius 3 is 2.64 bits per heavy atom. The summed E-state index contributed by atoms with van der Waals surface area (Å²) >= 11 is 5.47. The van der Waals surface area contributed by atoms with Crippen molar-refractivity contribution in [3.05, 3.63) is 45.1 Å². The molecular formula is C19H20O3S3. The van der Waals surface area contributed by atoms with Crippen LogP contribution in [0.2, 0.25) is 0 Å². The minimum Gasteiger partial charge on any atom is -0.493 e. The standard InChI is InChI=1S/C19H20O3S3/c1-21-15-10-13(19-23-8-9-24-19)6-7-14(15)22-18(20)17-11-12-4-2-3-5-16(12)25-17/h6-7,10-11,19H,2-5,8-9H2,1H3. The second-order valence-electron chi connectivity index (χ2n) is 6.14. The number of carbonyl (C=O) groups is 1. The van der Waals surface area contributed by atoms with E-state index >= 15 is 0 Å². The SMILES string of the molecule is COc1cc(C2SCCS2)ccc1OC(=O)c1cc2c(s1)CCCC2. The number of fused-ring (bicyclic) bond motifs is 1. The molecule has 1 aliphatic carbocycles. The van der Waals surface area contributed by atoms with Gasteiger partial charge >= 0.3 is 5.97 Å². The van der Waals surface area contributed by atoms with Crippen molar-refractivity contribution in [1.82, 2.24) is 0 Å². The molecule has 0 N–H and O–H groups in total. The molecule has 0 bridgehead atoms. The van der Waals surface area contributed by atoms with Crippen LogP contribution >= 0.6 is 34.9 Å². The molecule has 0 saturated carbocycles. The van der Waals surface area contributed by atoms with Crippen molar-refractivity contribution in [2.24, 2.45) is 0 Å². The van der Waals surface area contributed by atoms with Gasteiger partial charge in [0.25, 0.3) is 0 Å². The molecular weight excluding hydrogens is 372 g/mol. The normalized spacial score (nSPS) is 17.3. The lowest BCUT2D eigenvalue weighted by Gasteiger charge is -2.13. The smallest absolute Gasteiger partial charge is 0.353 e. The summed E-state index contributed by atoms with van der Waals surface area (Å²) < 4.78 is 11.6. The molecule has 25 heavy (non-hydrogen) atoms. The van der Waals surface area contributed by atoms with Crippen molar-refractivity contribution < 1.29 is 14.3 Å². The number of esters is 1. The summed E-state index contributed by atoms with van der Waals surface area (Å²) in [7, 11) is 1.62. The summed E-state index contributed by atoms with van der Waals surface area (Å²) in [5, 5.41) is 0. The first-order valence-electron chi connectivity index (χ1n) is 8.49. The van der Waals surface area contributed by atoms with E-state index in [1.54, 1.807) is 18.4 Å². The Morgan fingerprint density at radius 1 is 1.08 bits per heavy atom. The van der Waals surface area contributed by atoms with Gasteiger partial charge in [0.05, 0.1) is 11.7 Å². The van der Waals surface area contributed by atoms with E-state index in [0.717, 1.165) is 12.8 Å². The molecule has 1 saturated heterocycles. The van der Waals surface area contributed by atoms with Crippen molar-refractivity contribution in [1.29, 1.82) is 0 Å². The molecule has 2 aromatic rings. The van der Waals surface area contributed by atoms with E-state index in [1.165, 1.54) is 40.4 Å². The molecule has 1 aromatic heterocycles. The Morgan fingerprint density at radius 2 is 1.88 bits per heavy atom. The molecule has 0 unspecified atom stereocenters. The minimum atomic E-state index is -0.282. The van der Waals surface area contributed by atoms with Crippen LogP contribution in [0.25, 0.3) is 0 Å². The predicted octanol–water partition coefficient (Wildman–Crippen LogP) is 5.33. The zero-order valence-electron chi connectivity index (χ0n) is 14.1. The Hall–Kier alpha value is -1.11. The molecule has 2 aliphatic rings. The summed E-state index contributed by atoms with van der Waals surface area (Å²) in [6.45, 7) is 0. The van der Waals surface area contributed by atoms with Crippen LogP contribution in [0.5, 0.6) is 11.5 Å². The van der Waals surface area contributed by atoms with Gasteiger partial charge in [-0.3, -0.25) is 0 Å². The van der Waals surface area contributed by atoms with Crippen LogP contribution in [0, 0.1) is 0 Å². The van der Waals surface area contributed by atoms with Gasteiger partial charge in [0.2, 0.25) is 0 Å². The van der Waals surface area contributed by atoms with Crippen LogP contribution < -0.4 is 9.47 Å². The molecule has 1 aromatic carbocycles. The van der Waals surface area contributed by atoms with E-state index in [1.807, 2.05) is 47.8 Å². The third kappa shape index (κ3) is 3.71. The lowest BCUT2D eigenvalue weighted by Crippen LogP contribution is -2.07. The fraction of sp³-hybridized carbons (Fsp3) is 0.421. The summed E-state index contributed by atoms with van der Waals surface area (Å²) in [5.74, 6) is 3.19. The van der Waals surface area contributed by atoms with Crippen LogP contribution in [0.15, 0.2) is 24.3 Å². The molecule has 0 radical (unpaired) electrons. The Labute approximate surface area is 160 Å². The van der Waals surface area contributed by atoms with Crippen LogP contribution in [0.3, 0.4) is 0 Å². The first-order chi connectivity index (χ1) is 12.2. The van der Waals surface area contributed by atoms with Gasteiger partial charge in [0.15, 0.2) is 11.5 Å². The number of carbonyl (C=O) groups excluding carboxylic acids is 1. The predicted molar refractivity (Wildman–Crippen MR) is 107 cm³/mol. The number of hydrogen-bond acceptors (Lipinski definition) is 6. The van der Waals surface area contributed by atoms with E-state index in [2.05, 4.69) is 0 Å². The van der Waals surface area contributed by atoms with Crippen molar-refractivity contribution in [2.75, 3.05) is 18.6 Å². The van der Waals surface area contributed by atoms with Gasteiger partial charge in [-0.2, -0.15) is 0 Å². The first-order valence-corrected chi connectivity index (χ1v) is 11.4. The van der Waals surface area contributed by atoms with E-state index in [0.29, 0.717) is 21.0 Å². The molecule has 0 atom stereocenters. The Bertz CT molecular complexity index is 755. The van der Waals surface area contributed by atoms with Gasteiger partial charge < -0.3 is 9.47 Å². The van der Waals surface area contributed by atoms with Gasteiger partial charge in [-0.1, -0.05) is 6.07 Å². The highest BCUT2D eigenvalue weighted by molar-refractivity contribution is 8.19. The molecule has 2 heterocycles. The van der Waals surface area contributed by atoms with E-state index < -0.39 is 0 Å². The molecule has 6 heteroatoms. The van der Waals surface area contributed by atoms with Crippen LogP contribution in [-0.4, -0.2) is 24.6 Å². The average molecular weight is 393 g/mol. The average Bonchev–Trinajstić information content (AvgIpc) is 3.31. The summed E-state index contributed by atoms with van der Waals surface area (Å²) in [6.07, 6.45) is 4.59. The summed E-state index contributed by atoms with van der Waals surface area (Å²) in [5.41, 5.74) is 2.54. The summed E-state index contributed by atoms with van der Waals surface area (Å²) in [6, 6.07) is 7.91. The topological polar surface area (TPSA) is 35.5 Å². The molecule has 132 valence electrons. The highest BCUT2D eigenvalue weighted by Gasteiger charge is 2.22. The van der Waals surface area contributed by atoms with Gasteiger partial charge in [-0.05, 0) is 55.0 Å².